The zero-order chi connectivity index (χ0) is 23.8. The molecule has 0 radical (unpaired) electrons. The Labute approximate surface area is 216 Å². The van der Waals surface area contributed by atoms with E-state index in [2.05, 4.69) is 81.3 Å². The van der Waals surface area contributed by atoms with Crippen LogP contribution in [-0.2, 0) is 6.54 Å². The summed E-state index contributed by atoms with van der Waals surface area (Å²) >= 11 is 9.69. The van der Waals surface area contributed by atoms with Gasteiger partial charge in [0.25, 0.3) is 0 Å². The first-order valence-corrected chi connectivity index (χ1v) is 12.4. The van der Waals surface area contributed by atoms with Crippen molar-refractivity contribution in [2.75, 3.05) is 0 Å². The molecule has 4 aromatic carbocycles. The number of aromatic nitrogens is 4. The van der Waals surface area contributed by atoms with Crippen molar-refractivity contribution in [1.29, 1.82) is 0 Å². The van der Waals surface area contributed by atoms with Gasteiger partial charge in [-0.05, 0) is 54.1 Å². The first-order valence-electron chi connectivity index (χ1n) is 11.3. The lowest BCUT2D eigenvalue weighted by molar-refractivity contribution is 0.834. The van der Waals surface area contributed by atoms with Crippen LogP contribution in [0.4, 0.5) is 0 Å². The van der Waals surface area contributed by atoms with E-state index in [1.807, 2.05) is 53.2 Å². The lowest BCUT2D eigenvalue weighted by atomic mass is 10.1. The fourth-order valence-electron chi connectivity index (χ4n) is 4.29. The van der Waals surface area contributed by atoms with E-state index in [0.29, 0.717) is 6.54 Å². The fourth-order valence-corrected chi connectivity index (χ4v) is 4.68. The number of halogens is 2. The highest BCUT2D eigenvalue weighted by molar-refractivity contribution is 9.10. The zero-order valence-corrected chi connectivity index (χ0v) is 21.0. The van der Waals surface area contributed by atoms with E-state index in [1.54, 1.807) is 0 Å². The van der Waals surface area contributed by atoms with Gasteiger partial charge in [0.15, 0.2) is 0 Å². The van der Waals surface area contributed by atoms with Gasteiger partial charge >= 0.3 is 0 Å². The van der Waals surface area contributed by atoms with Crippen LogP contribution in [0.3, 0.4) is 0 Å². The first kappa shape index (κ1) is 21.8. The van der Waals surface area contributed by atoms with Gasteiger partial charge in [0.05, 0.1) is 22.3 Å². The molecule has 0 fully saturated rings. The summed E-state index contributed by atoms with van der Waals surface area (Å²) < 4.78 is 5.21. The van der Waals surface area contributed by atoms with E-state index >= 15 is 0 Å². The molecular formula is C29H20BrClN4. The summed E-state index contributed by atoms with van der Waals surface area (Å²) in [5, 5.41) is 5.75. The van der Waals surface area contributed by atoms with E-state index < -0.39 is 0 Å². The number of imidazole rings is 1. The van der Waals surface area contributed by atoms with E-state index in [9.17, 15) is 0 Å². The predicted molar refractivity (Wildman–Crippen MR) is 146 cm³/mol. The molecule has 0 aliphatic heterocycles. The maximum absolute atomic E-state index is 6.14. The van der Waals surface area contributed by atoms with Crippen LogP contribution in [0.1, 0.15) is 5.56 Å². The molecule has 0 saturated carbocycles. The first-order chi connectivity index (χ1) is 17.2. The van der Waals surface area contributed by atoms with Crippen molar-refractivity contribution in [3.8, 4) is 28.3 Å². The highest BCUT2D eigenvalue weighted by atomic mass is 79.9. The molecule has 4 nitrogen and oxygen atoms in total. The van der Waals surface area contributed by atoms with Gasteiger partial charge < -0.3 is 4.57 Å². The Kier molecular flexibility index (Phi) is 5.72. The molecule has 35 heavy (non-hydrogen) atoms. The molecule has 0 bridgehead atoms. The molecule has 0 aliphatic rings. The minimum atomic E-state index is 0.670. The Morgan fingerprint density at radius 3 is 2.26 bits per heavy atom. The smallest absolute Gasteiger partial charge is 0.145 e. The molecule has 0 saturated heterocycles. The minimum absolute atomic E-state index is 0.670. The Morgan fingerprint density at radius 1 is 0.771 bits per heavy atom. The quantitative estimate of drug-likeness (QED) is 0.222. The van der Waals surface area contributed by atoms with Gasteiger partial charge in [-0.1, -0.05) is 82.1 Å². The molecule has 170 valence electrons. The van der Waals surface area contributed by atoms with Crippen LogP contribution in [0, 0.1) is 0 Å². The largest absolute Gasteiger partial charge is 0.319 e. The third-order valence-electron chi connectivity index (χ3n) is 6.00. The monoisotopic (exact) mass is 538 g/mol. The van der Waals surface area contributed by atoms with Crippen LogP contribution >= 0.6 is 27.5 Å². The molecular weight excluding hydrogens is 520 g/mol. The summed E-state index contributed by atoms with van der Waals surface area (Å²) in [5.74, 6) is 0.876. The SMILES string of the molecule is Clc1ccc(Cn2c(-c3cn(-c4ccccc4)nc3-c3ccc(Br)cc3)nc3ccccc32)cc1. The highest BCUT2D eigenvalue weighted by Gasteiger charge is 2.21. The summed E-state index contributed by atoms with van der Waals surface area (Å²) in [4.78, 5) is 5.08. The highest BCUT2D eigenvalue weighted by Crippen LogP contribution is 2.34. The third-order valence-corrected chi connectivity index (χ3v) is 6.78. The predicted octanol–water partition coefficient (Wildman–Crippen LogP) is 8.02. The molecule has 2 aromatic heterocycles. The summed E-state index contributed by atoms with van der Waals surface area (Å²) in [6.07, 6.45) is 2.08. The van der Waals surface area contributed by atoms with E-state index in [-0.39, 0.29) is 0 Å². The molecule has 0 N–H and O–H groups in total. The molecule has 6 heteroatoms. The standard InChI is InChI=1S/C29H20BrClN4/c30-22-14-12-21(13-15-22)28-25(19-35(33-28)24-6-2-1-3-7-24)29-32-26-8-4-5-9-27(26)34(29)18-20-10-16-23(31)17-11-20/h1-17,19H,18H2. The normalized spacial score (nSPS) is 11.3. The number of rotatable bonds is 5. The van der Waals surface area contributed by atoms with Gasteiger partial charge in [0, 0.05) is 27.8 Å². The van der Waals surface area contributed by atoms with E-state index in [4.69, 9.17) is 21.7 Å². The Hall–Kier alpha value is -3.67. The second kappa shape index (κ2) is 9.17. The van der Waals surface area contributed by atoms with Gasteiger partial charge in [-0.25, -0.2) is 9.67 Å². The summed E-state index contributed by atoms with van der Waals surface area (Å²) in [7, 11) is 0. The van der Waals surface area contributed by atoms with Crippen LogP contribution in [0.5, 0.6) is 0 Å². The number of nitrogens with zero attached hydrogens (tertiary/aromatic N) is 4. The number of hydrogen-bond donors (Lipinski definition) is 0. The molecule has 0 unspecified atom stereocenters. The number of fused-ring (bicyclic) bond motifs is 1. The second-order valence-corrected chi connectivity index (χ2v) is 9.67. The Balaban J connectivity index is 1.58. The number of hydrogen-bond acceptors (Lipinski definition) is 2. The van der Waals surface area contributed by atoms with Crippen molar-refractivity contribution in [2.45, 2.75) is 6.54 Å². The van der Waals surface area contributed by atoms with Gasteiger partial charge in [-0.15, -0.1) is 0 Å². The lowest BCUT2D eigenvalue weighted by Gasteiger charge is -2.10. The molecule has 2 heterocycles. The van der Waals surface area contributed by atoms with Gasteiger partial charge in [0.2, 0.25) is 0 Å². The summed E-state index contributed by atoms with van der Waals surface area (Å²) in [6.45, 7) is 0.670. The van der Waals surface area contributed by atoms with Gasteiger partial charge in [-0.2, -0.15) is 5.10 Å². The van der Waals surface area contributed by atoms with Crippen molar-refractivity contribution < 1.29 is 0 Å². The maximum Gasteiger partial charge on any atom is 0.145 e. The van der Waals surface area contributed by atoms with E-state index in [1.165, 1.54) is 0 Å². The van der Waals surface area contributed by atoms with Crippen LogP contribution in [0.2, 0.25) is 5.02 Å². The summed E-state index contributed by atoms with van der Waals surface area (Å²) in [5.41, 5.74) is 7.06. The van der Waals surface area contributed by atoms with Crippen molar-refractivity contribution in [1.82, 2.24) is 19.3 Å². The number of para-hydroxylation sites is 3. The van der Waals surface area contributed by atoms with E-state index in [0.717, 1.165) is 54.4 Å². The minimum Gasteiger partial charge on any atom is -0.319 e. The molecule has 0 spiro atoms. The van der Waals surface area contributed by atoms with Crippen molar-refractivity contribution >= 4 is 38.6 Å². The Bertz CT molecular complexity index is 1620. The molecule has 0 aliphatic carbocycles. The second-order valence-electron chi connectivity index (χ2n) is 8.32. The molecule has 6 rings (SSSR count). The molecule has 0 amide bonds. The number of benzene rings is 4. The van der Waals surface area contributed by atoms with Crippen LogP contribution in [-0.4, -0.2) is 19.3 Å². The topological polar surface area (TPSA) is 35.6 Å². The average molecular weight is 540 g/mol. The van der Waals surface area contributed by atoms with Crippen molar-refractivity contribution in [2.24, 2.45) is 0 Å². The molecule has 6 aromatic rings. The van der Waals surface area contributed by atoms with Crippen LogP contribution < -0.4 is 0 Å². The van der Waals surface area contributed by atoms with Gasteiger partial charge in [-0.3, -0.25) is 0 Å². The maximum atomic E-state index is 6.14. The third kappa shape index (κ3) is 4.29. The summed E-state index contributed by atoms with van der Waals surface area (Å²) in [6, 6.07) is 34.6. The fraction of sp³-hybridized carbons (Fsp3) is 0.0345. The van der Waals surface area contributed by atoms with Crippen molar-refractivity contribution in [3.05, 3.63) is 124 Å². The Morgan fingerprint density at radius 2 is 1.49 bits per heavy atom. The van der Waals surface area contributed by atoms with Crippen LogP contribution in [0.25, 0.3) is 39.4 Å². The van der Waals surface area contributed by atoms with Crippen LogP contribution in [0.15, 0.2) is 114 Å². The van der Waals surface area contributed by atoms with Crippen molar-refractivity contribution in [3.63, 3.8) is 0 Å². The average Bonchev–Trinajstić information content (AvgIpc) is 3.49. The molecule has 0 atom stereocenters. The zero-order valence-electron chi connectivity index (χ0n) is 18.6. The lowest BCUT2D eigenvalue weighted by Crippen LogP contribution is -2.02. The van der Waals surface area contributed by atoms with Gasteiger partial charge in [0.1, 0.15) is 11.5 Å².